The van der Waals surface area contributed by atoms with Gasteiger partial charge in [0.1, 0.15) is 11.4 Å². The molecule has 136 valence electrons. The van der Waals surface area contributed by atoms with Crippen molar-refractivity contribution in [2.45, 2.75) is 57.0 Å². The largest absolute Gasteiger partial charge is 0.487 e. The number of fused-ring (bicyclic) bond motifs is 1. The average molecular weight is 343 g/mol. The van der Waals surface area contributed by atoms with Crippen molar-refractivity contribution >= 4 is 5.97 Å². The van der Waals surface area contributed by atoms with E-state index in [0.717, 1.165) is 44.5 Å². The van der Waals surface area contributed by atoms with Gasteiger partial charge in [-0.15, -0.1) is 0 Å². The molecule has 2 fully saturated rings. The summed E-state index contributed by atoms with van der Waals surface area (Å²) in [6.45, 7) is 4.08. The number of piperidine rings is 1. The molecule has 4 heteroatoms. The number of hydrogen-bond acceptors (Lipinski definition) is 4. The molecule has 0 aromatic heterocycles. The fourth-order valence-corrected chi connectivity index (χ4v) is 4.72. The van der Waals surface area contributed by atoms with E-state index in [4.69, 9.17) is 9.47 Å². The van der Waals surface area contributed by atoms with Crippen LogP contribution >= 0.6 is 0 Å². The number of benzene rings is 1. The van der Waals surface area contributed by atoms with E-state index in [1.54, 1.807) is 0 Å². The molecule has 1 aliphatic carbocycles. The lowest BCUT2D eigenvalue weighted by Gasteiger charge is -2.42. The highest BCUT2D eigenvalue weighted by Crippen LogP contribution is 2.48. The molecule has 2 heterocycles. The minimum absolute atomic E-state index is 0.0138. The summed E-state index contributed by atoms with van der Waals surface area (Å²) in [4.78, 5) is 12.1. The molecule has 1 N–H and O–H groups in total. The maximum atomic E-state index is 12.1. The van der Waals surface area contributed by atoms with Crippen LogP contribution in [0.4, 0.5) is 0 Å². The van der Waals surface area contributed by atoms with Gasteiger partial charge >= 0.3 is 5.97 Å². The van der Waals surface area contributed by atoms with E-state index in [9.17, 15) is 4.79 Å². The van der Waals surface area contributed by atoms with Gasteiger partial charge in [-0.3, -0.25) is 4.79 Å². The van der Waals surface area contributed by atoms with Gasteiger partial charge in [-0.25, -0.2) is 0 Å². The number of esters is 1. The Kier molecular flexibility index (Phi) is 4.48. The topological polar surface area (TPSA) is 47.6 Å². The SMILES string of the molecule is COC(=O)C(C)C(c1ccc2c(c1)OC1(CCNCC1)CC2)C1CC1. The van der Waals surface area contributed by atoms with E-state index in [1.807, 2.05) is 6.92 Å². The summed E-state index contributed by atoms with van der Waals surface area (Å²) in [6, 6.07) is 6.66. The summed E-state index contributed by atoms with van der Waals surface area (Å²) in [6.07, 6.45) is 6.80. The van der Waals surface area contributed by atoms with Gasteiger partial charge in [0.15, 0.2) is 0 Å². The van der Waals surface area contributed by atoms with Gasteiger partial charge in [-0.1, -0.05) is 19.1 Å². The van der Waals surface area contributed by atoms with E-state index in [1.165, 1.54) is 31.1 Å². The Balaban J connectivity index is 1.61. The van der Waals surface area contributed by atoms with Gasteiger partial charge < -0.3 is 14.8 Å². The molecule has 2 unspecified atom stereocenters. The monoisotopic (exact) mass is 343 g/mol. The van der Waals surface area contributed by atoms with Gasteiger partial charge in [-0.05, 0) is 80.6 Å². The molecular weight excluding hydrogens is 314 g/mol. The summed E-state index contributed by atoms with van der Waals surface area (Å²) in [5.41, 5.74) is 2.57. The Labute approximate surface area is 150 Å². The Morgan fingerprint density at radius 1 is 1.28 bits per heavy atom. The minimum atomic E-state index is -0.106. The molecule has 2 aliphatic heterocycles. The number of nitrogens with one attached hydrogen (secondary N) is 1. The molecule has 1 spiro atoms. The first-order valence-corrected chi connectivity index (χ1v) is 9.72. The quantitative estimate of drug-likeness (QED) is 0.851. The summed E-state index contributed by atoms with van der Waals surface area (Å²) in [7, 11) is 1.49. The van der Waals surface area contributed by atoms with Crippen LogP contribution in [0.1, 0.15) is 56.1 Å². The molecule has 25 heavy (non-hydrogen) atoms. The third-order valence-electron chi connectivity index (χ3n) is 6.41. The minimum Gasteiger partial charge on any atom is -0.487 e. The molecule has 4 rings (SSSR count). The van der Waals surface area contributed by atoms with E-state index in [2.05, 4.69) is 23.5 Å². The molecular formula is C21H29NO3. The second kappa shape index (κ2) is 6.64. The predicted molar refractivity (Wildman–Crippen MR) is 96.9 cm³/mol. The summed E-state index contributed by atoms with van der Waals surface area (Å²) >= 11 is 0. The lowest BCUT2D eigenvalue weighted by molar-refractivity contribution is -0.145. The molecule has 1 aromatic carbocycles. The highest BCUT2D eigenvalue weighted by molar-refractivity contribution is 5.73. The van der Waals surface area contributed by atoms with E-state index >= 15 is 0 Å². The molecule has 3 aliphatic rings. The lowest BCUT2D eigenvalue weighted by Crippen LogP contribution is -2.48. The first kappa shape index (κ1) is 16.9. The second-order valence-corrected chi connectivity index (χ2v) is 8.08. The smallest absolute Gasteiger partial charge is 0.309 e. The lowest BCUT2D eigenvalue weighted by atomic mass is 9.80. The van der Waals surface area contributed by atoms with Crippen LogP contribution in [0.3, 0.4) is 0 Å². The van der Waals surface area contributed by atoms with Gasteiger partial charge in [0, 0.05) is 0 Å². The summed E-state index contributed by atoms with van der Waals surface area (Å²) < 4.78 is 11.6. The third kappa shape index (κ3) is 3.29. The van der Waals surface area contributed by atoms with Gasteiger partial charge in [0.25, 0.3) is 0 Å². The van der Waals surface area contributed by atoms with Crippen molar-refractivity contribution in [1.29, 1.82) is 0 Å². The van der Waals surface area contributed by atoms with Crippen molar-refractivity contribution in [3.63, 3.8) is 0 Å². The molecule has 1 saturated carbocycles. The Bertz CT molecular complexity index is 647. The van der Waals surface area contributed by atoms with Crippen LogP contribution in [0.2, 0.25) is 0 Å². The maximum Gasteiger partial charge on any atom is 0.309 e. The van der Waals surface area contributed by atoms with Crippen LogP contribution in [-0.2, 0) is 16.0 Å². The van der Waals surface area contributed by atoms with Crippen molar-refractivity contribution in [1.82, 2.24) is 5.32 Å². The number of carbonyl (C=O) groups is 1. The van der Waals surface area contributed by atoms with Crippen molar-refractivity contribution in [2.75, 3.05) is 20.2 Å². The Morgan fingerprint density at radius 3 is 2.72 bits per heavy atom. The van der Waals surface area contributed by atoms with Crippen molar-refractivity contribution in [3.05, 3.63) is 29.3 Å². The first-order chi connectivity index (χ1) is 12.1. The molecule has 2 atom stereocenters. The Morgan fingerprint density at radius 2 is 2.04 bits per heavy atom. The second-order valence-electron chi connectivity index (χ2n) is 8.08. The standard InChI is InChI=1S/C21H29NO3/c1-14(20(23)24-2)19(16-4-5-16)17-6-3-15-7-8-21(25-18(15)13-17)9-11-22-12-10-21/h3,6,13-14,16,19,22H,4-5,7-12H2,1-2H3. The van der Waals surface area contributed by atoms with Gasteiger partial charge in [0.2, 0.25) is 0 Å². The van der Waals surface area contributed by atoms with E-state index < -0.39 is 0 Å². The van der Waals surface area contributed by atoms with Crippen LogP contribution in [-0.4, -0.2) is 31.8 Å². The average Bonchev–Trinajstić information content (AvgIpc) is 3.46. The fourth-order valence-electron chi connectivity index (χ4n) is 4.72. The molecule has 0 bridgehead atoms. The molecule has 1 aromatic rings. The van der Waals surface area contributed by atoms with Crippen LogP contribution in [0.5, 0.6) is 5.75 Å². The molecule has 0 radical (unpaired) electrons. The normalized spacial score (nSPS) is 24.1. The van der Waals surface area contributed by atoms with Crippen molar-refractivity contribution in [3.8, 4) is 5.75 Å². The van der Waals surface area contributed by atoms with Crippen LogP contribution in [0.25, 0.3) is 0 Å². The number of ether oxygens (including phenoxy) is 2. The number of hydrogen-bond donors (Lipinski definition) is 1. The number of rotatable bonds is 4. The zero-order valence-corrected chi connectivity index (χ0v) is 15.3. The third-order valence-corrected chi connectivity index (χ3v) is 6.41. The fraction of sp³-hybridized carbons (Fsp3) is 0.667. The van der Waals surface area contributed by atoms with Crippen LogP contribution < -0.4 is 10.1 Å². The molecule has 1 saturated heterocycles. The summed E-state index contributed by atoms with van der Waals surface area (Å²) in [5, 5.41) is 3.44. The Hall–Kier alpha value is -1.55. The van der Waals surface area contributed by atoms with Crippen LogP contribution in [0.15, 0.2) is 18.2 Å². The van der Waals surface area contributed by atoms with Crippen molar-refractivity contribution in [2.24, 2.45) is 11.8 Å². The van der Waals surface area contributed by atoms with E-state index in [-0.39, 0.29) is 23.4 Å². The van der Waals surface area contributed by atoms with E-state index in [0.29, 0.717) is 5.92 Å². The maximum absolute atomic E-state index is 12.1. The molecule has 4 nitrogen and oxygen atoms in total. The van der Waals surface area contributed by atoms with Gasteiger partial charge in [-0.2, -0.15) is 0 Å². The predicted octanol–water partition coefficient (Wildman–Crippen LogP) is 3.44. The zero-order chi connectivity index (χ0) is 17.4. The molecule has 0 amide bonds. The van der Waals surface area contributed by atoms with Gasteiger partial charge in [0.05, 0.1) is 13.0 Å². The zero-order valence-electron chi connectivity index (χ0n) is 15.3. The highest BCUT2D eigenvalue weighted by Gasteiger charge is 2.41. The number of aryl methyl sites for hydroxylation is 1. The number of methoxy groups -OCH3 is 1. The number of carbonyl (C=O) groups excluding carboxylic acids is 1. The summed E-state index contributed by atoms with van der Waals surface area (Å²) in [5.74, 6) is 1.68. The first-order valence-electron chi connectivity index (χ1n) is 9.72. The van der Waals surface area contributed by atoms with Crippen molar-refractivity contribution < 1.29 is 14.3 Å². The van der Waals surface area contributed by atoms with Crippen LogP contribution in [0, 0.1) is 11.8 Å². The highest BCUT2D eigenvalue weighted by atomic mass is 16.5.